The fourth-order valence-corrected chi connectivity index (χ4v) is 4.70. The first-order chi connectivity index (χ1) is 9.24. The van der Waals surface area contributed by atoms with Crippen LogP contribution in [-0.4, -0.2) is 5.88 Å². The van der Waals surface area contributed by atoms with Crippen LogP contribution in [0.2, 0.25) is 0 Å². The highest BCUT2D eigenvalue weighted by molar-refractivity contribution is 6.18. The van der Waals surface area contributed by atoms with E-state index in [0.717, 1.165) is 23.6 Å². The lowest BCUT2D eigenvalue weighted by Crippen LogP contribution is -2.18. The molecule has 0 spiro atoms. The molecule has 1 aromatic carbocycles. The van der Waals surface area contributed by atoms with E-state index in [9.17, 15) is 0 Å². The number of benzene rings is 1. The summed E-state index contributed by atoms with van der Waals surface area (Å²) >= 11 is 6.24. The third-order valence-corrected chi connectivity index (χ3v) is 5.78. The second-order valence-electron chi connectivity index (χ2n) is 6.88. The Hall–Kier alpha value is -0.490. The molecule has 4 unspecified atom stereocenters. The molecule has 2 bridgehead atoms. The predicted octanol–water partition coefficient (Wildman–Crippen LogP) is 5.22. The molecular formula is C18H25Cl. The molecule has 2 saturated carbocycles. The Balaban J connectivity index is 1.59. The largest absolute Gasteiger partial charge is 0.126 e. The minimum atomic E-state index is 0.674. The molecule has 0 nitrogen and oxygen atoms in total. The van der Waals surface area contributed by atoms with Crippen LogP contribution in [0, 0.1) is 30.6 Å². The van der Waals surface area contributed by atoms with Crippen LogP contribution in [0.25, 0.3) is 0 Å². The van der Waals surface area contributed by atoms with Crippen LogP contribution in [0.4, 0.5) is 0 Å². The fraction of sp³-hybridized carbons (Fsp3) is 0.667. The van der Waals surface area contributed by atoms with Gasteiger partial charge in [-0.05, 0) is 68.3 Å². The number of fused-ring (bicyclic) bond motifs is 2. The second-order valence-corrected chi connectivity index (χ2v) is 7.19. The maximum Gasteiger partial charge on any atom is 0.0255 e. The van der Waals surface area contributed by atoms with Gasteiger partial charge in [-0.3, -0.25) is 0 Å². The maximum atomic E-state index is 6.24. The lowest BCUT2D eigenvalue weighted by molar-refractivity contribution is 0.276. The molecule has 19 heavy (non-hydrogen) atoms. The van der Waals surface area contributed by atoms with Crippen LogP contribution < -0.4 is 0 Å². The van der Waals surface area contributed by atoms with Crippen molar-refractivity contribution in [2.45, 2.75) is 45.4 Å². The van der Waals surface area contributed by atoms with Gasteiger partial charge in [-0.2, -0.15) is 0 Å². The summed E-state index contributed by atoms with van der Waals surface area (Å²) in [7, 11) is 0. The summed E-state index contributed by atoms with van der Waals surface area (Å²) in [5, 5.41) is 0. The molecule has 1 heteroatoms. The highest BCUT2D eigenvalue weighted by atomic mass is 35.5. The second kappa shape index (κ2) is 5.87. The summed E-state index contributed by atoms with van der Waals surface area (Å²) in [4.78, 5) is 0. The Labute approximate surface area is 122 Å². The zero-order chi connectivity index (χ0) is 13.2. The molecule has 104 valence electrons. The first kappa shape index (κ1) is 13.5. The molecule has 4 atom stereocenters. The van der Waals surface area contributed by atoms with Gasteiger partial charge in [0.05, 0.1) is 0 Å². The molecule has 2 aliphatic carbocycles. The number of alkyl halides is 1. The van der Waals surface area contributed by atoms with Crippen molar-refractivity contribution in [3.8, 4) is 0 Å². The van der Waals surface area contributed by atoms with Gasteiger partial charge in [0, 0.05) is 5.88 Å². The minimum absolute atomic E-state index is 0.674. The van der Waals surface area contributed by atoms with Gasteiger partial charge in [-0.25, -0.2) is 0 Å². The zero-order valence-electron chi connectivity index (χ0n) is 11.9. The molecule has 0 saturated heterocycles. The first-order valence-electron chi connectivity index (χ1n) is 7.86. The van der Waals surface area contributed by atoms with Crippen LogP contribution in [0.5, 0.6) is 0 Å². The first-order valence-corrected chi connectivity index (χ1v) is 8.39. The molecule has 0 aromatic heterocycles. The van der Waals surface area contributed by atoms with Crippen LogP contribution in [0.3, 0.4) is 0 Å². The highest BCUT2D eigenvalue weighted by Gasteiger charge is 2.39. The number of aryl methyl sites for hydroxylation is 1. The van der Waals surface area contributed by atoms with E-state index < -0.39 is 0 Å². The molecule has 0 heterocycles. The number of hydrogen-bond acceptors (Lipinski definition) is 0. The van der Waals surface area contributed by atoms with E-state index in [1.54, 1.807) is 0 Å². The van der Waals surface area contributed by atoms with E-state index in [0.29, 0.717) is 5.92 Å². The van der Waals surface area contributed by atoms with E-state index in [4.69, 9.17) is 11.6 Å². The molecule has 0 N–H and O–H groups in total. The van der Waals surface area contributed by atoms with Gasteiger partial charge in [-0.1, -0.05) is 36.2 Å². The molecule has 0 radical (unpaired) electrons. The molecule has 3 rings (SSSR count). The van der Waals surface area contributed by atoms with Crippen molar-refractivity contribution in [1.82, 2.24) is 0 Å². The van der Waals surface area contributed by atoms with E-state index in [2.05, 4.69) is 31.2 Å². The molecule has 0 amide bonds. The topological polar surface area (TPSA) is 0 Å². The number of hydrogen-bond donors (Lipinski definition) is 0. The monoisotopic (exact) mass is 276 g/mol. The van der Waals surface area contributed by atoms with Gasteiger partial charge < -0.3 is 0 Å². The third-order valence-electron chi connectivity index (χ3n) is 5.35. The quantitative estimate of drug-likeness (QED) is 0.647. The Morgan fingerprint density at radius 2 is 2.16 bits per heavy atom. The summed E-state index contributed by atoms with van der Waals surface area (Å²) < 4.78 is 0. The summed E-state index contributed by atoms with van der Waals surface area (Å²) in [5.41, 5.74) is 2.83. The smallest absolute Gasteiger partial charge is 0.0255 e. The van der Waals surface area contributed by atoms with Crippen LogP contribution >= 0.6 is 11.6 Å². The summed E-state index contributed by atoms with van der Waals surface area (Å²) in [6.07, 6.45) is 8.53. The van der Waals surface area contributed by atoms with Gasteiger partial charge in [0.25, 0.3) is 0 Å². The van der Waals surface area contributed by atoms with Crippen molar-refractivity contribution in [3.05, 3.63) is 35.4 Å². The average molecular weight is 277 g/mol. The summed E-state index contributed by atoms with van der Waals surface area (Å²) in [6.45, 7) is 2.18. The highest BCUT2D eigenvalue weighted by Crippen LogP contribution is 2.50. The zero-order valence-corrected chi connectivity index (χ0v) is 12.7. The molecule has 2 aliphatic rings. The van der Waals surface area contributed by atoms with E-state index in [1.807, 2.05) is 0 Å². The predicted molar refractivity (Wildman–Crippen MR) is 82.6 cm³/mol. The normalized spacial score (nSPS) is 30.7. The lowest BCUT2D eigenvalue weighted by Gasteiger charge is -2.25. The van der Waals surface area contributed by atoms with Crippen molar-refractivity contribution in [3.63, 3.8) is 0 Å². The average Bonchev–Trinajstić information content (AvgIpc) is 3.00. The van der Waals surface area contributed by atoms with Gasteiger partial charge >= 0.3 is 0 Å². The van der Waals surface area contributed by atoms with Gasteiger partial charge in [-0.15, -0.1) is 11.6 Å². The SMILES string of the molecule is Cc1cccc(CC(CCl)CC2CC3CCC2C3)c1. The molecule has 2 fully saturated rings. The summed E-state index contributed by atoms with van der Waals surface area (Å²) in [5.74, 6) is 4.57. The van der Waals surface area contributed by atoms with Gasteiger partial charge in [0.1, 0.15) is 0 Å². The molecule has 0 aliphatic heterocycles. The van der Waals surface area contributed by atoms with E-state index >= 15 is 0 Å². The Bertz CT molecular complexity index is 425. The van der Waals surface area contributed by atoms with Gasteiger partial charge in [0.2, 0.25) is 0 Å². The molecule has 1 aromatic rings. The van der Waals surface area contributed by atoms with Crippen molar-refractivity contribution in [2.75, 3.05) is 5.88 Å². The van der Waals surface area contributed by atoms with Crippen LogP contribution in [0.1, 0.15) is 43.2 Å². The number of halogens is 1. The Morgan fingerprint density at radius 3 is 2.79 bits per heavy atom. The lowest BCUT2D eigenvalue weighted by atomic mass is 9.81. The maximum absolute atomic E-state index is 6.24. The minimum Gasteiger partial charge on any atom is -0.126 e. The Morgan fingerprint density at radius 1 is 1.26 bits per heavy atom. The van der Waals surface area contributed by atoms with E-state index in [1.165, 1.54) is 49.7 Å². The van der Waals surface area contributed by atoms with Crippen LogP contribution in [-0.2, 0) is 6.42 Å². The standard InChI is InChI=1S/C18H25Cl/c1-13-3-2-4-14(7-13)8-16(12-19)11-18-10-15-5-6-17(18)9-15/h2-4,7,15-18H,5-6,8-12H2,1H3. The molecular weight excluding hydrogens is 252 g/mol. The van der Waals surface area contributed by atoms with Gasteiger partial charge in [0.15, 0.2) is 0 Å². The van der Waals surface area contributed by atoms with E-state index in [-0.39, 0.29) is 0 Å². The van der Waals surface area contributed by atoms with Crippen molar-refractivity contribution < 1.29 is 0 Å². The summed E-state index contributed by atoms with van der Waals surface area (Å²) in [6, 6.07) is 8.93. The Kier molecular flexibility index (Phi) is 4.17. The fourth-order valence-electron chi connectivity index (χ4n) is 4.47. The van der Waals surface area contributed by atoms with Crippen molar-refractivity contribution >= 4 is 11.6 Å². The third kappa shape index (κ3) is 3.16. The number of rotatable bonds is 5. The van der Waals surface area contributed by atoms with Crippen LogP contribution in [0.15, 0.2) is 24.3 Å². The van der Waals surface area contributed by atoms with Crippen molar-refractivity contribution in [2.24, 2.45) is 23.7 Å². The van der Waals surface area contributed by atoms with Crippen molar-refractivity contribution in [1.29, 1.82) is 0 Å².